The number of hydrogen-bond donors (Lipinski definition) is 2. The van der Waals surface area contributed by atoms with Gasteiger partial charge in [-0.1, -0.05) is 0 Å². The molecule has 0 amide bonds. The standard InChI is InChI=1S/C10H14N2O2/c1-14-8-4-2-7(3-5-8)10(13)9(12)6-11/h2-5,9H,6,11-12H2,1H3. The Labute approximate surface area is 82.8 Å². The molecule has 4 heteroatoms. The first-order valence-electron chi connectivity index (χ1n) is 4.33. The van der Waals surface area contributed by atoms with E-state index in [2.05, 4.69) is 0 Å². The highest BCUT2D eigenvalue weighted by Crippen LogP contribution is 2.12. The number of carbonyl (C=O) groups is 1. The molecular formula is C10H14N2O2. The van der Waals surface area contributed by atoms with Crippen LogP contribution in [0.15, 0.2) is 24.3 Å². The molecule has 1 rings (SSSR count). The molecule has 14 heavy (non-hydrogen) atoms. The Kier molecular flexibility index (Phi) is 3.62. The molecule has 0 fully saturated rings. The van der Waals surface area contributed by atoms with E-state index in [-0.39, 0.29) is 12.3 Å². The Morgan fingerprint density at radius 3 is 2.43 bits per heavy atom. The monoisotopic (exact) mass is 194 g/mol. The van der Waals surface area contributed by atoms with E-state index < -0.39 is 6.04 Å². The van der Waals surface area contributed by atoms with Gasteiger partial charge in [-0.2, -0.15) is 0 Å². The van der Waals surface area contributed by atoms with Gasteiger partial charge in [0.25, 0.3) is 0 Å². The van der Waals surface area contributed by atoms with Crippen molar-refractivity contribution in [2.45, 2.75) is 6.04 Å². The minimum atomic E-state index is -0.622. The van der Waals surface area contributed by atoms with Gasteiger partial charge < -0.3 is 16.2 Å². The second kappa shape index (κ2) is 4.74. The van der Waals surface area contributed by atoms with Gasteiger partial charge >= 0.3 is 0 Å². The summed E-state index contributed by atoms with van der Waals surface area (Å²) < 4.78 is 4.97. The highest BCUT2D eigenvalue weighted by atomic mass is 16.5. The molecular weight excluding hydrogens is 180 g/mol. The van der Waals surface area contributed by atoms with Gasteiger partial charge in [0.15, 0.2) is 5.78 Å². The number of ether oxygens (including phenoxy) is 1. The lowest BCUT2D eigenvalue weighted by Crippen LogP contribution is -2.37. The van der Waals surface area contributed by atoms with Crippen molar-refractivity contribution in [1.29, 1.82) is 0 Å². The number of carbonyl (C=O) groups excluding carboxylic acids is 1. The van der Waals surface area contributed by atoms with Crippen LogP contribution in [0, 0.1) is 0 Å². The summed E-state index contributed by atoms with van der Waals surface area (Å²) in [6, 6.07) is 6.17. The van der Waals surface area contributed by atoms with Crippen molar-refractivity contribution in [3.63, 3.8) is 0 Å². The van der Waals surface area contributed by atoms with Gasteiger partial charge in [-0.05, 0) is 24.3 Å². The topological polar surface area (TPSA) is 78.3 Å². The van der Waals surface area contributed by atoms with Gasteiger partial charge in [-0.3, -0.25) is 4.79 Å². The van der Waals surface area contributed by atoms with E-state index >= 15 is 0 Å². The molecule has 0 heterocycles. The van der Waals surface area contributed by atoms with Crippen molar-refractivity contribution in [1.82, 2.24) is 0 Å². The molecule has 1 aromatic carbocycles. The fourth-order valence-electron chi connectivity index (χ4n) is 1.08. The third-order valence-corrected chi connectivity index (χ3v) is 1.97. The van der Waals surface area contributed by atoms with E-state index in [4.69, 9.17) is 16.2 Å². The summed E-state index contributed by atoms with van der Waals surface area (Å²) in [4.78, 5) is 11.5. The summed E-state index contributed by atoms with van der Waals surface area (Å²) in [6.45, 7) is 0.158. The first-order valence-corrected chi connectivity index (χ1v) is 4.33. The van der Waals surface area contributed by atoms with Crippen LogP contribution in [0.1, 0.15) is 10.4 Å². The average molecular weight is 194 g/mol. The number of nitrogens with two attached hydrogens (primary N) is 2. The van der Waals surface area contributed by atoms with Crippen LogP contribution in [0.5, 0.6) is 5.75 Å². The smallest absolute Gasteiger partial charge is 0.180 e. The first kappa shape index (κ1) is 10.7. The van der Waals surface area contributed by atoms with Crippen LogP contribution < -0.4 is 16.2 Å². The molecule has 0 spiro atoms. The normalized spacial score (nSPS) is 12.2. The van der Waals surface area contributed by atoms with Crippen LogP contribution >= 0.6 is 0 Å². The largest absolute Gasteiger partial charge is 0.497 e. The fraction of sp³-hybridized carbons (Fsp3) is 0.300. The first-order chi connectivity index (χ1) is 6.69. The number of Topliss-reactive ketones (excluding diaryl/α,β-unsaturated/α-hetero) is 1. The Balaban J connectivity index is 2.81. The van der Waals surface area contributed by atoms with Gasteiger partial charge in [-0.15, -0.1) is 0 Å². The van der Waals surface area contributed by atoms with Crippen LogP contribution in [-0.2, 0) is 0 Å². The Hall–Kier alpha value is -1.39. The van der Waals surface area contributed by atoms with Crippen LogP contribution in [0.2, 0.25) is 0 Å². The molecule has 1 aromatic rings. The van der Waals surface area contributed by atoms with Crippen LogP contribution in [0.4, 0.5) is 0 Å². The predicted octanol–water partition coefficient (Wildman–Crippen LogP) is 0.164. The SMILES string of the molecule is COc1ccc(C(=O)C(N)CN)cc1. The van der Waals surface area contributed by atoms with Crippen LogP contribution in [0.25, 0.3) is 0 Å². The Morgan fingerprint density at radius 1 is 1.43 bits per heavy atom. The van der Waals surface area contributed by atoms with Crippen LogP contribution in [0.3, 0.4) is 0 Å². The number of rotatable bonds is 4. The second-order valence-electron chi connectivity index (χ2n) is 2.93. The average Bonchev–Trinajstić information content (AvgIpc) is 2.27. The third kappa shape index (κ3) is 2.31. The van der Waals surface area contributed by atoms with E-state index in [1.54, 1.807) is 31.4 Å². The maximum absolute atomic E-state index is 11.5. The van der Waals surface area contributed by atoms with E-state index in [1.807, 2.05) is 0 Å². The van der Waals surface area contributed by atoms with Crippen molar-refractivity contribution in [2.24, 2.45) is 11.5 Å². The fourth-order valence-corrected chi connectivity index (χ4v) is 1.08. The number of hydrogen-bond acceptors (Lipinski definition) is 4. The summed E-state index contributed by atoms with van der Waals surface area (Å²) >= 11 is 0. The van der Waals surface area contributed by atoms with Crippen molar-refractivity contribution in [2.75, 3.05) is 13.7 Å². The number of methoxy groups -OCH3 is 1. The van der Waals surface area contributed by atoms with Crippen molar-refractivity contribution < 1.29 is 9.53 Å². The molecule has 0 saturated heterocycles. The Bertz CT molecular complexity index is 308. The van der Waals surface area contributed by atoms with Gasteiger partial charge in [0.2, 0.25) is 0 Å². The molecule has 0 saturated carbocycles. The lowest BCUT2D eigenvalue weighted by molar-refractivity contribution is 0.0964. The highest BCUT2D eigenvalue weighted by molar-refractivity contribution is 6.00. The molecule has 0 radical (unpaired) electrons. The van der Waals surface area contributed by atoms with Gasteiger partial charge in [0, 0.05) is 12.1 Å². The highest BCUT2D eigenvalue weighted by Gasteiger charge is 2.13. The molecule has 1 unspecified atom stereocenters. The van der Waals surface area contributed by atoms with Crippen molar-refractivity contribution >= 4 is 5.78 Å². The molecule has 4 nitrogen and oxygen atoms in total. The molecule has 0 aliphatic heterocycles. The van der Waals surface area contributed by atoms with Crippen molar-refractivity contribution in [3.8, 4) is 5.75 Å². The van der Waals surface area contributed by atoms with Crippen molar-refractivity contribution in [3.05, 3.63) is 29.8 Å². The summed E-state index contributed by atoms with van der Waals surface area (Å²) in [5.41, 5.74) is 11.4. The predicted molar refractivity (Wildman–Crippen MR) is 54.4 cm³/mol. The summed E-state index contributed by atoms with van der Waals surface area (Å²) in [6.07, 6.45) is 0. The molecule has 0 aliphatic rings. The lowest BCUT2D eigenvalue weighted by Gasteiger charge is -2.07. The summed E-state index contributed by atoms with van der Waals surface area (Å²) in [5.74, 6) is 0.568. The molecule has 0 bridgehead atoms. The summed E-state index contributed by atoms with van der Waals surface area (Å²) in [5, 5.41) is 0. The minimum absolute atomic E-state index is 0.143. The molecule has 76 valence electrons. The number of ketones is 1. The second-order valence-corrected chi connectivity index (χ2v) is 2.93. The number of benzene rings is 1. The zero-order valence-corrected chi connectivity index (χ0v) is 8.07. The van der Waals surface area contributed by atoms with Crippen LogP contribution in [-0.4, -0.2) is 25.5 Å². The molecule has 0 aromatic heterocycles. The molecule has 0 aliphatic carbocycles. The lowest BCUT2D eigenvalue weighted by atomic mass is 10.1. The molecule has 1 atom stereocenters. The quantitative estimate of drug-likeness (QED) is 0.669. The summed E-state index contributed by atoms with van der Waals surface area (Å²) in [7, 11) is 1.57. The van der Waals surface area contributed by atoms with Gasteiger partial charge in [-0.25, -0.2) is 0 Å². The van der Waals surface area contributed by atoms with Gasteiger partial charge in [0.1, 0.15) is 5.75 Å². The van der Waals surface area contributed by atoms with E-state index in [0.717, 1.165) is 0 Å². The third-order valence-electron chi connectivity index (χ3n) is 1.97. The molecule has 4 N–H and O–H groups in total. The zero-order valence-electron chi connectivity index (χ0n) is 8.07. The Morgan fingerprint density at radius 2 is 2.00 bits per heavy atom. The van der Waals surface area contributed by atoms with E-state index in [1.165, 1.54) is 0 Å². The van der Waals surface area contributed by atoms with Gasteiger partial charge in [0.05, 0.1) is 13.2 Å². The van der Waals surface area contributed by atoms with E-state index in [0.29, 0.717) is 11.3 Å². The maximum Gasteiger partial charge on any atom is 0.180 e. The van der Waals surface area contributed by atoms with E-state index in [9.17, 15) is 4.79 Å². The zero-order chi connectivity index (χ0) is 10.6. The maximum atomic E-state index is 11.5. The minimum Gasteiger partial charge on any atom is -0.497 e.